The number of aromatic nitrogens is 2. The summed E-state index contributed by atoms with van der Waals surface area (Å²) in [6.45, 7) is 5.73. The highest BCUT2D eigenvalue weighted by Gasteiger charge is 2.49. The lowest BCUT2D eigenvalue weighted by Gasteiger charge is -2.40. The van der Waals surface area contributed by atoms with Crippen LogP contribution in [0.1, 0.15) is 32.1 Å². The number of alkyl halides is 3. The van der Waals surface area contributed by atoms with E-state index < -0.39 is 12.1 Å². The van der Waals surface area contributed by atoms with Gasteiger partial charge in [0.2, 0.25) is 5.91 Å². The van der Waals surface area contributed by atoms with Gasteiger partial charge < -0.3 is 19.6 Å². The molecule has 1 N–H and O–H groups in total. The molecule has 1 atom stereocenters. The maximum atomic E-state index is 13.1. The SMILES string of the molecule is O=C(O)C(F)(F)F.O=C1N(c2cncnc2)CCC12CCCN(CC1CCOCC1)C2. The molecule has 31 heavy (non-hydrogen) atoms. The average molecular weight is 444 g/mol. The standard InChI is InChI=1S/C18H26N4O2.C2HF3O2/c23-17-18(5-7-22(17)16-10-19-14-20-11-16)4-1-6-21(13-18)12-15-2-8-24-9-3-15;3-2(4,5)1(6)7/h10-11,14-15H,1-9,12-13H2;(H,6,7). The topological polar surface area (TPSA) is 95.9 Å². The monoisotopic (exact) mass is 444 g/mol. The lowest BCUT2D eigenvalue weighted by Crippen LogP contribution is -2.49. The molecule has 0 radical (unpaired) electrons. The fourth-order valence-corrected chi connectivity index (χ4v) is 4.55. The molecule has 3 fully saturated rings. The molecule has 0 saturated carbocycles. The molecule has 1 spiro atoms. The van der Waals surface area contributed by atoms with Gasteiger partial charge in [0.1, 0.15) is 6.33 Å². The van der Waals surface area contributed by atoms with Gasteiger partial charge in [0.05, 0.1) is 23.5 Å². The Bertz CT molecular complexity index is 759. The molecule has 3 aliphatic heterocycles. The van der Waals surface area contributed by atoms with Gasteiger partial charge in [-0.1, -0.05) is 0 Å². The number of hydrogen-bond donors (Lipinski definition) is 1. The number of carboxylic acids is 1. The fourth-order valence-electron chi connectivity index (χ4n) is 4.55. The fraction of sp³-hybridized carbons (Fsp3) is 0.700. The van der Waals surface area contributed by atoms with Crippen molar-refractivity contribution in [1.29, 1.82) is 0 Å². The Hall–Kier alpha value is -2.27. The van der Waals surface area contributed by atoms with E-state index in [9.17, 15) is 18.0 Å². The van der Waals surface area contributed by atoms with Crippen LogP contribution in [0.4, 0.5) is 18.9 Å². The summed E-state index contributed by atoms with van der Waals surface area (Å²) in [5, 5.41) is 7.12. The summed E-state index contributed by atoms with van der Waals surface area (Å²) in [5.41, 5.74) is 0.639. The van der Waals surface area contributed by atoms with Crippen LogP contribution in [0.25, 0.3) is 0 Å². The van der Waals surface area contributed by atoms with Gasteiger partial charge in [-0.2, -0.15) is 13.2 Å². The molecule has 0 bridgehead atoms. The first-order valence-corrected chi connectivity index (χ1v) is 10.4. The van der Waals surface area contributed by atoms with Crippen LogP contribution in [0.3, 0.4) is 0 Å². The Morgan fingerprint density at radius 2 is 1.84 bits per heavy atom. The number of ether oxygens (including phenoxy) is 1. The summed E-state index contributed by atoms with van der Waals surface area (Å²) >= 11 is 0. The number of nitrogens with zero attached hydrogens (tertiary/aromatic N) is 4. The van der Waals surface area contributed by atoms with Gasteiger partial charge in [-0.3, -0.25) is 4.79 Å². The summed E-state index contributed by atoms with van der Waals surface area (Å²) in [7, 11) is 0. The minimum atomic E-state index is -5.08. The highest BCUT2D eigenvalue weighted by molar-refractivity contribution is 5.99. The number of aliphatic carboxylic acids is 1. The van der Waals surface area contributed by atoms with E-state index in [0.29, 0.717) is 0 Å². The maximum absolute atomic E-state index is 13.1. The number of carboxylic acid groups (broad SMARTS) is 1. The molecule has 0 aromatic carbocycles. The maximum Gasteiger partial charge on any atom is 0.490 e. The van der Waals surface area contributed by atoms with Crippen LogP contribution in [0, 0.1) is 11.3 Å². The number of amides is 1. The van der Waals surface area contributed by atoms with E-state index in [0.717, 1.165) is 83.1 Å². The molecule has 11 heteroatoms. The number of carbonyl (C=O) groups excluding carboxylic acids is 1. The van der Waals surface area contributed by atoms with Gasteiger partial charge in [0, 0.05) is 32.8 Å². The zero-order valence-corrected chi connectivity index (χ0v) is 17.2. The van der Waals surface area contributed by atoms with Gasteiger partial charge in [-0.25, -0.2) is 14.8 Å². The lowest BCUT2D eigenvalue weighted by molar-refractivity contribution is -0.192. The molecule has 4 rings (SSSR count). The first kappa shape index (κ1) is 23.4. The number of halogens is 3. The van der Waals surface area contributed by atoms with Gasteiger partial charge in [0.25, 0.3) is 0 Å². The number of piperidine rings is 1. The number of anilines is 1. The van der Waals surface area contributed by atoms with Gasteiger partial charge >= 0.3 is 12.1 Å². The van der Waals surface area contributed by atoms with Crippen molar-refractivity contribution >= 4 is 17.6 Å². The average Bonchev–Trinajstić information content (AvgIpc) is 3.05. The molecular weight excluding hydrogens is 417 g/mol. The number of carbonyl (C=O) groups is 2. The molecule has 0 aliphatic carbocycles. The quantitative estimate of drug-likeness (QED) is 0.765. The number of likely N-dealkylation sites (tertiary alicyclic amines) is 1. The van der Waals surface area contributed by atoms with Gasteiger partial charge in [0.15, 0.2) is 0 Å². The van der Waals surface area contributed by atoms with Crippen LogP contribution in [0.5, 0.6) is 0 Å². The minimum Gasteiger partial charge on any atom is -0.475 e. The Labute approximate surface area is 178 Å². The second-order valence-electron chi connectivity index (χ2n) is 8.28. The second kappa shape index (κ2) is 9.90. The molecule has 172 valence electrons. The molecule has 4 heterocycles. The van der Waals surface area contributed by atoms with Crippen molar-refractivity contribution in [2.45, 2.75) is 38.3 Å². The van der Waals surface area contributed by atoms with Crippen LogP contribution in [0.2, 0.25) is 0 Å². The van der Waals surface area contributed by atoms with E-state index in [1.807, 2.05) is 4.90 Å². The summed E-state index contributed by atoms with van der Waals surface area (Å²) in [5.74, 6) is -1.76. The first-order chi connectivity index (χ1) is 14.7. The highest BCUT2D eigenvalue weighted by atomic mass is 19.4. The predicted octanol–water partition coefficient (Wildman–Crippen LogP) is 2.36. The van der Waals surface area contributed by atoms with Crippen LogP contribution in [0.15, 0.2) is 18.7 Å². The summed E-state index contributed by atoms with van der Waals surface area (Å²) in [4.78, 5) is 34.6. The van der Waals surface area contributed by atoms with E-state index in [4.69, 9.17) is 14.6 Å². The first-order valence-electron chi connectivity index (χ1n) is 10.4. The Balaban J connectivity index is 0.000000339. The molecular formula is C20H27F3N4O4. The van der Waals surface area contributed by atoms with Crippen molar-refractivity contribution in [3.8, 4) is 0 Å². The molecule has 1 aromatic rings. The third kappa shape index (κ3) is 5.91. The Morgan fingerprint density at radius 1 is 1.19 bits per heavy atom. The summed E-state index contributed by atoms with van der Waals surface area (Å²) < 4.78 is 37.2. The van der Waals surface area contributed by atoms with Crippen molar-refractivity contribution in [1.82, 2.24) is 14.9 Å². The van der Waals surface area contributed by atoms with E-state index in [1.165, 1.54) is 6.33 Å². The van der Waals surface area contributed by atoms with E-state index >= 15 is 0 Å². The second-order valence-corrected chi connectivity index (χ2v) is 8.28. The largest absolute Gasteiger partial charge is 0.490 e. The van der Waals surface area contributed by atoms with Crippen LogP contribution >= 0.6 is 0 Å². The molecule has 3 saturated heterocycles. The molecule has 3 aliphatic rings. The van der Waals surface area contributed by atoms with Crippen LogP contribution in [-0.2, 0) is 14.3 Å². The zero-order valence-electron chi connectivity index (χ0n) is 17.2. The Kier molecular flexibility index (Phi) is 7.47. The van der Waals surface area contributed by atoms with Crippen molar-refractivity contribution < 1.29 is 32.6 Å². The molecule has 1 amide bonds. The Morgan fingerprint density at radius 3 is 2.45 bits per heavy atom. The zero-order chi connectivity index (χ0) is 22.5. The van der Waals surface area contributed by atoms with Crippen LogP contribution < -0.4 is 4.90 Å². The van der Waals surface area contributed by atoms with Crippen molar-refractivity contribution in [3.63, 3.8) is 0 Å². The molecule has 1 aromatic heterocycles. The number of rotatable bonds is 3. The van der Waals surface area contributed by atoms with Gasteiger partial charge in [-0.15, -0.1) is 0 Å². The third-order valence-electron chi connectivity index (χ3n) is 6.13. The highest BCUT2D eigenvalue weighted by Crippen LogP contribution is 2.42. The normalized spacial score (nSPS) is 25.4. The van der Waals surface area contributed by atoms with Crippen molar-refractivity contribution in [2.24, 2.45) is 11.3 Å². The third-order valence-corrected chi connectivity index (χ3v) is 6.13. The van der Waals surface area contributed by atoms with E-state index in [1.54, 1.807) is 12.4 Å². The van der Waals surface area contributed by atoms with Crippen molar-refractivity contribution in [3.05, 3.63) is 18.7 Å². The lowest BCUT2D eigenvalue weighted by atomic mass is 9.78. The smallest absolute Gasteiger partial charge is 0.475 e. The number of hydrogen-bond acceptors (Lipinski definition) is 6. The van der Waals surface area contributed by atoms with Crippen LogP contribution in [-0.4, -0.2) is 77.4 Å². The van der Waals surface area contributed by atoms with E-state index in [2.05, 4.69) is 14.9 Å². The summed E-state index contributed by atoms with van der Waals surface area (Å²) in [6, 6.07) is 0. The summed E-state index contributed by atoms with van der Waals surface area (Å²) in [6.07, 6.45) is 5.31. The van der Waals surface area contributed by atoms with Gasteiger partial charge in [-0.05, 0) is 44.6 Å². The van der Waals surface area contributed by atoms with Crippen molar-refractivity contribution in [2.75, 3.05) is 44.3 Å². The predicted molar refractivity (Wildman–Crippen MR) is 104 cm³/mol. The molecule has 1 unspecified atom stereocenters. The van der Waals surface area contributed by atoms with E-state index in [-0.39, 0.29) is 11.3 Å². The molecule has 8 nitrogen and oxygen atoms in total. The minimum absolute atomic E-state index is 0.195.